The summed E-state index contributed by atoms with van der Waals surface area (Å²) in [6.45, 7) is 1.86. The van der Waals surface area contributed by atoms with Crippen LogP contribution >= 0.6 is 0 Å². The van der Waals surface area contributed by atoms with Crippen LogP contribution in [0.25, 0.3) is 10.9 Å². The van der Waals surface area contributed by atoms with Gasteiger partial charge in [0.15, 0.2) is 0 Å². The molecule has 5 rings (SSSR count). The molecule has 2 aromatic carbocycles. The largest absolute Gasteiger partial charge is 0.438 e. The van der Waals surface area contributed by atoms with Crippen LogP contribution in [0.1, 0.15) is 22.3 Å². The highest BCUT2D eigenvalue weighted by atomic mass is 19.4. The van der Waals surface area contributed by atoms with Gasteiger partial charge in [-0.2, -0.15) is 33.1 Å². The van der Waals surface area contributed by atoms with E-state index in [1.54, 1.807) is 23.6 Å². The van der Waals surface area contributed by atoms with Crippen LogP contribution < -0.4 is 10.3 Å². The highest BCUT2D eigenvalue weighted by molar-refractivity contribution is 5.79. The van der Waals surface area contributed by atoms with Gasteiger partial charge in [-0.25, -0.2) is 9.37 Å². The first-order valence-electron chi connectivity index (χ1n) is 11.0. The predicted molar refractivity (Wildman–Crippen MR) is 125 cm³/mol. The Kier molecular flexibility index (Phi) is 6.15. The molecule has 8 nitrogen and oxygen atoms in total. The van der Waals surface area contributed by atoms with Gasteiger partial charge in [0, 0.05) is 11.8 Å². The van der Waals surface area contributed by atoms with Gasteiger partial charge in [-0.3, -0.25) is 4.79 Å². The maximum Gasteiger partial charge on any atom is 0.421 e. The van der Waals surface area contributed by atoms with Crippen molar-refractivity contribution in [2.24, 2.45) is 0 Å². The van der Waals surface area contributed by atoms with Crippen LogP contribution in [0.3, 0.4) is 0 Å². The van der Waals surface area contributed by atoms with Crippen LogP contribution in [0.2, 0.25) is 0 Å². The number of halogens is 4. The van der Waals surface area contributed by atoms with Crippen LogP contribution in [0.5, 0.6) is 11.6 Å². The third-order valence-electron chi connectivity index (χ3n) is 5.59. The second kappa shape index (κ2) is 9.45. The number of benzene rings is 2. The summed E-state index contributed by atoms with van der Waals surface area (Å²) in [5.41, 5.74) is 0.108. The zero-order valence-corrected chi connectivity index (χ0v) is 19.3. The Morgan fingerprint density at radius 1 is 0.973 bits per heavy atom. The summed E-state index contributed by atoms with van der Waals surface area (Å²) >= 11 is 0. The Morgan fingerprint density at radius 3 is 2.49 bits per heavy atom. The zero-order chi connectivity index (χ0) is 26.2. The first-order chi connectivity index (χ1) is 17.7. The summed E-state index contributed by atoms with van der Waals surface area (Å²) < 4.78 is 62.8. The number of hydrogen-bond acceptors (Lipinski definition) is 6. The first kappa shape index (κ1) is 24.1. The predicted octanol–water partition coefficient (Wildman–Crippen LogP) is 4.74. The summed E-state index contributed by atoms with van der Waals surface area (Å²) in [6.07, 6.45) is 0.602. The van der Waals surface area contributed by atoms with Gasteiger partial charge in [-0.05, 0) is 48.4 Å². The quantitative estimate of drug-likeness (QED) is 0.307. The molecule has 0 saturated heterocycles. The number of hydrogen-bond donors (Lipinski definition) is 0. The normalized spacial score (nSPS) is 11.7. The van der Waals surface area contributed by atoms with E-state index in [1.807, 2.05) is 0 Å². The van der Waals surface area contributed by atoms with Crippen LogP contribution in [0.4, 0.5) is 17.6 Å². The third kappa shape index (κ3) is 5.17. The second-order valence-corrected chi connectivity index (χ2v) is 8.31. The number of ether oxygens (including phenoxy) is 1. The molecule has 0 radical (unpaired) electrons. The van der Waals surface area contributed by atoms with E-state index < -0.39 is 29.0 Å². The summed E-state index contributed by atoms with van der Waals surface area (Å²) in [5.74, 6) is -1.11. The third-order valence-corrected chi connectivity index (χ3v) is 5.59. The van der Waals surface area contributed by atoms with Gasteiger partial charge in [-0.15, -0.1) is 0 Å². The molecule has 0 aliphatic rings. The van der Waals surface area contributed by atoms with Crippen LogP contribution in [-0.2, 0) is 19.3 Å². The summed E-state index contributed by atoms with van der Waals surface area (Å²) in [5, 5.41) is 7.86. The van der Waals surface area contributed by atoms with E-state index in [1.165, 1.54) is 54.0 Å². The lowest BCUT2D eigenvalue weighted by Gasteiger charge is -2.15. The molecule has 0 aliphatic heterocycles. The molecule has 188 valence electrons. The zero-order valence-electron chi connectivity index (χ0n) is 19.3. The van der Waals surface area contributed by atoms with Crippen molar-refractivity contribution in [2.75, 3.05) is 0 Å². The van der Waals surface area contributed by atoms with Crippen LogP contribution in [-0.4, -0.2) is 29.5 Å². The summed E-state index contributed by atoms with van der Waals surface area (Å²) in [4.78, 5) is 21.4. The van der Waals surface area contributed by atoms with Crippen molar-refractivity contribution in [2.45, 2.75) is 26.2 Å². The Morgan fingerprint density at radius 2 is 1.76 bits per heavy atom. The standard InChI is InChI=1S/C25H18F4N6O2/c1-15-2-3-17(21(26)8-15)13-34-14-31-23(36)19-10-18(4-5-22(19)34)37-24-20(25(27,28)29)9-16(11-30-24)12-35-32-6-7-33-35/h2-11,14H,12-13H2,1H3. The fourth-order valence-electron chi connectivity index (χ4n) is 3.81. The number of aryl methyl sites for hydroxylation is 1. The van der Waals surface area contributed by atoms with E-state index in [0.717, 1.165) is 11.6 Å². The smallest absolute Gasteiger partial charge is 0.421 e. The molecule has 0 spiro atoms. The topological polar surface area (TPSA) is 87.7 Å². The molecule has 0 atom stereocenters. The number of pyridine rings is 1. The van der Waals surface area contributed by atoms with Gasteiger partial charge in [0.1, 0.15) is 17.1 Å². The van der Waals surface area contributed by atoms with Crippen molar-refractivity contribution < 1.29 is 22.3 Å². The Labute approximate surface area is 206 Å². The molecule has 0 fully saturated rings. The fraction of sp³-hybridized carbons (Fsp3) is 0.160. The maximum atomic E-state index is 14.4. The Bertz CT molecular complexity index is 1650. The minimum Gasteiger partial charge on any atom is -0.438 e. The van der Waals surface area contributed by atoms with E-state index in [-0.39, 0.29) is 29.8 Å². The SMILES string of the molecule is Cc1ccc(Cn2cnc(=O)c3cc(Oc4ncc(Cn5nccn5)cc4C(F)(F)F)ccc32)c(F)c1. The van der Waals surface area contributed by atoms with Crippen molar-refractivity contribution in [3.63, 3.8) is 0 Å². The van der Waals surface area contributed by atoms with Crippen LogP contribution in [0, 0.1) is 12.7 Å². The summed E-state index contributed by atoms with van der Waals surface area (Å²) in [6, 6.07) is 9.93. The number of nitrogens with zero attached hydrogens (tertiary/aromatic N) is 6. The average molecular weight is 510 g/mol. The summed E-state index contributed by atoms with van der Waals surface area (Å²) in [7, 11) is 0. The van der Waals surface area contributed by atoms with E-state index in [2.05, 4.69) is 20.2 Å². The van der Waals surface area contributed by atoms with Gasteiger partial charge < -0.3 is 9.30 Å². The Balaban J connectivity index is 1.48. The molecule has 0 aliphatic carbocycles. The molecule has 3 aromatic heterocycles. The van der Waals surface area contributed by atoms with E-state index in [9.17, 15) is 22.4 Å². The minimum absolute atomic E-state index is 0.00781. The van der Waals surface area contributed by atoms with Gasteiger partial charge in [0.2, 0.25) is 5.88 Å². The number of fused-ring (bicyclic) bond motifs is 1. The van der Waals surface area contributed by atoms with Gasteiger partial charge >= 0.3 is 6.18 Å². The van der Waals surface area contributed by atoms with Crippen molar-refractivity contribution in [1.29, 1.82) is 0 Å². The van der Waals surface area contributed by atoms with Crippen LogP contribution in [0.15, 0.2) is 72.2 Å². The van der Waals surface area contributed by atoms with Crippen molar-refractivity contribution in [3.8, 4) is 11.6 Å². The lowest BCUT2D eigenvalue weighted by molar-refractivity contribution is -0.138. The second-order valence-electron chi connectivity index (χ2n) is 8.31. The van der Waals surface area contributed by atoms with E-state index >= 15 is 0 Å². The lowest BCUT2D eigenvalue weighted by Crippen LogP contribution is -2.14. The molecular formula is C25H18F4N6O2. The first-order valence-corrected chi connectivity index (χ1v) is 11.0. The van der Waals surface area contributed by atoms with Gasteiger partial charge in [0.25, 0.3) is 5.56 Å². The van der Waals surface area contributed by atoms with Gasteiger partial charge in [-0.1, -0.05) is 12.1 Å². The molecule has 0 N–H and O–H groups in total. The van der Waals surface area contributed by atoms with Crippen molar-refractivity contribution >= 4 is 10.9 Å². The molecular weight excluding hydrogens is 492 g/mol. The number of aromatic nitrogens is 6. The highest BCUT2D eigenvalue weighted by Crippen LogP contribution is 2.37. The van der Waals surface area contributed by atoms with Gasteiger partial charge in [0.05, 0.1) is 42.7 Å². The molecule has 0 amide bonds. The molecule has 0 bridgehead atoms. The highest BCUT2D eigenvalue weighted by Gasteiger charge is 2.36. The molecule has 0 unspecified atom stereocenters. The monoisotopic (exact) mass is 510 g/mol. The minimum atomic E-state index is -4.75. The van der Waals surface area contributed by atoms with E-state index in [0.29, 0.717) is 11.1 Å². The van der Waals surface area contributed by atoms with Crippen molar-refractivity contribution in [1.82, 2.24) is 29.5 Å². The number of rotatable bonds is 6. The molecule has 5 aromatic rings. The van der Waals surface area contributed by atoms with Crippen molar-refractivity contribution in [3.05, 3.63) is 106 Å². The molecule has 0 saturated carbocycles. The average Bonchev–Trinajstić information content (AvgIpc) is 3.36. The lowest BCUT2D eigenvalue weighted by atomic mass is 10.1. The van der Waals surface area contributed by atoms with E-state index in [4.69, 9.17) is 4.74 Å². The number of alkyl halides is 3. The maximum absolute atomic E-state index is 14.4. The molecule has 37 heavy (non-hydrogen) atoms. The molecule has 3 heterocycles. The molecule has 12 heteroatoms. The Hall–Kier alpha value is -4.61. The fourth-order valence-corrected chi connectivity index (χ4v) is 3.81.